The maximum absolute atomic E-state index is 11.0. The van der Waals surface area contributed by atoms with Crippen LogP contribution in [0.5, 0.6) is 0 Å². The molecule has 0 aromatic carbocycles. The Morgan fingerprint density at radius 2 is 2.62 bits per heavy atom. The Hall–Kier alpha value is -0.870. The normalized spacial score (nSPS) is 31.6. The molecule has 13 heavy (non-hydrogen) atoms. The van der Waals surface area contributed by atoms with Gasteiger partial charge >= 0.3 is 5.97 Å². The van der Waals surface area contributed by atoms with Crippen molar-refractivity contribution in [1.29, 1.82) is 0 Å². The van der Waals surface area contributed by atoms with Crippen LogP contribution in [0.3, 0.4) is 0 Å². The van der Waals surface area contributed by atoms with Crippen molar-refractivity contribution in [2.45, 2.75) is 17.9 Å². The van der Waals surface area contributed by atoms with Gasteiger partial charge in [0.05, 0.1) is 0 Å². The van der Waals surface area contributed by atoms with Gasteiger partial charge in [-0.2, -0.15) is 0 Å². The molecule has 2 N–H and O–H groups in total. The molecule has 3 nitrogen and oxygen atoms in total. The minimum Gasteiger partial charge on any atom is -0.480 e. The van der Waals surface area contributed by atoms with E-state index in [0.717, 1.165) is 4.88 Å². The number of aliphatic carboxylic acids is 1. The van der Waals surface area contributed by atoms with Crippen molar-refractivity contribution < 1.29 is 9.90 Å². The zero-order valence-corrected chi connectivity index (χ0v) is 8.10. The smallest absolute Gasteiger partial charge is 0.324 e. The third kappa shape index (κ3) is 1.17. The first-order valence-electron chi connectivity index (χ1n) is 4.16. The van der Waals surface area contributed by atoms with Crippen LogP contribution in [0.4, 0.5) is 0 Å². The first-order chi connectivity index (χ1) is 6.20. The molecule has 1 heterocycles. The summed E-state index contributed by atoms with van der Waals surface area (Å²) in [7, 11) is 1.71. The van der Waals surface area contributed by atoms with Gasteiger partial charge < -0.3 is 10.4 Å². The van der Waals surface area contributed by atoms with E-state index in [2.05, 4.69) is 5.32 Å². The monoisotopic (exact) mass is 197 g/mol. The molecule has 0 bridgehead atoms. The molecule has 2 rings (SSSR count). The number of hydrogen-bond donors (Lipinski definition) is 2. The van der Waals surface area contributed by atoms with Crippen LogP contribution in [0.15, 0.2) is 17.5 Å². The van der Waals surface area contributed by atoms with Crippen LogP contribution in [-0.2, 0) is 4.79 Å². The van der Waals surface area contributed by atoms with E-state index in [1.807, 2.05) is 17.5 Å². The lowest BCUT2D eigenvalue weighted by molar-refractivity contribution is -0.140. The molecule has 1 fully saturated rings. The Labute approximate surface area is 80.4 Å². The number of rotatable bonds is 3. The van der Waals surface area contributed by atoms with Gasteiger partial charge in [-0.15, -0.1) is 11.3 Å². The Morgan fingerprint density at radius 1 is 1.85 bits per heavy atom. The van der Waals surface area contributed by atoms with E-state index < -0.39 is 11.5 Å². The fraction of sp³-hybridized carbons (Fsp3) is 0.444. The minimum atomic E-state index is -0.742. The fourth-order valence-corrected chi connectivity index (χ4v) is 2.64. The molecular formula is C9H11NO2S. The number of thiophene rings is 1. The van der Waals surface area contributed by atoms with E-state index in [0.29, 0.717) is 6.42 Å². The topological polar surface area (TPSA) is 49.3 Å². The molecule has 2 atom stereocenters. The molecule has 4 heteroatoms. The molecule has 1 aliphatic carbocycles. The Balaban J connectivity index is 2.20. The summed E-state index contributed by atoms with van der Waals surface area (Å²) in [5, 5.41) is 13.9. The first-order valence-corrected chi connectivity index (χ1v) is 5.04. The van der Waals surface area contributed by atoms with Crippen molar-refractivity contribution in [1.82, 2.24) is 5.32 Å². The van der Waals surface area contributed by atoms with Gasteiger partial charge in [0.15, 0.2) is 0 Å². The highest BCUT2D eigenvalue weighted by Gasteiger charge is 2.60. The number of carboxylic acids is 1. The van der Waals surface area contributed by atoms with Crippen molar-refractivity contribution >= 4 is 17.3 Å². The van der Waals surface area contributed by atoms with Crippen LogP contribution in [0.1, 0.15) is 17.2 Å². The summed E-state index contributed by atoms with van der Waals surface area (Å²) in [6.45, 7) is 0. The van der Waals surface area contributed by atoms with Gasteiger partial charge in [0.25, 0.3) is 0 Å². The second-order valence-corrected chi connectivity index (χ2v) is 4.28. The molecule has 0 aliphatic heterocycles. The quantitative estimate of drug-likeness (QED) is 0.767. The minimum absolute atomic E-state index is 0.162. The maximum atomic E-state index is 11.0. The van der Waals surface area contributed by atoms with Crippen molar-refractivity contribution in [3.8, 4) is 0 Å². The number of carbonyl (C=O) groups is 1. The number of likely N-dealkylation sites (N-methyl/N-ethyl adjacent to an activating group) is 1. The van der Waals surface area contributed by atoms with Crippen LogP contribution < -0.4 is 5.32 Å². The molecule has 1 aliphatic rings. The third-order valence-electron chi connectivity index (χ3n) is 2.68. The summed E-state index contributed by atoms with van der Waals surface area (Å²) in [6, 6.07) is 3.96. The summed E-state index contributed by atoms with van der Waals surface area (Å²) in [4.78, 5) is 12.1. The number of hydrogen-bond acceptors (Lipinski definition) is 3. The van der Waals surface area contributed by atoms with Crippen LogP contribution >= 0.6 is 11.3 Å². The standard InChI is InChI=1S/C9H11NO2S/c1-10-9(8(11)12)5-6(9)7-3-2-4-13-7/h2-4,6,10H,5H2,1H3,(H,11,12). The molecular weight excluding hydrogens is 186 g/mol. The summed E-state index contributed by atoms with van der Waals surface area (Å²) in [6.07, 6.45) is 0.708. The average molecular weight is 197 g/mol. The summed E-state index contributed by atoms with van der Waals surface area (Å²) < 4.78 is 0. The first kappa shape index (κ1) is 8.72. The van der Waals surface area contributed by atoms with E-state index in [-0.39, 0.29) is 5.92 Å². The SMILES string of the molecule is CNC1(C(=O)O)CC1c1cccs1. The van der Waals surface area contributed by atoms with E-state index in [4.69, 9.17) is 5.11 Å². The highest BCUT2D eigenvalue weighted by atomic mass is 32.1. The Kier molecular flexibility index (Phi) is 1.89. The Bertz CT molecular complexity index is 322. The molecule has 1 saturated carbocycles. The molecule has 0 saturated heterocycles. The molecule has 1 aromatic heterocycles. The number of nitrogens with one attached hydrogen (secondary N) is 1. The zero-order valence-electron chi connectivity index (χ0n) is 7.28. The van der Waals surface area contributed by atoms with E-state index >= 15 is 0 Å². The van der Waals surface area contributed by atoms with Gasteiger partial charge in [-0.25, -0.2) is 0 Å². The van der Waals surface area contributed by atoms with E-state index in [1.165, 1.54) is 0 Å². The van der Waals surface area contributed by atoms with Gasteiger partial charge in [-0.1, -0.05) is 6.07 Å². The lowest BCUT2D eigenvalue weighted by Gasteiger charge is -2.09. The lowest BCUT2D eigenvalue weighted by Crippen LogP contribution is -2.38. The largest absolute Gasteiger partial charge is 0.480 e. The lowest BCUT2D eigenvalue weighted by atomic mass is 10.2. The highest BCUT2D eigenvalue weighted by molar-refractivity contribution is 7.10. The molecule has 0 amide bonds. The zero-order chi connectivity index (χ0) is 9.47. The fourth-order valence-electron chi connectivity index (χ4n) is 1.72. The van der Waals surface area contributed by atoms with Crippen LogP contribution in [0.25, 0.3) is 0 Å². The summed E-state index contributed by atoms with van der Waals surface area (Å²) >= 11 is 1.63. The van der Waals surface area contributed by atoms with Gasteiger partial charge in [0, 0.05) is 10.8 Å². The summed E-state index contributed by atoms with van der Waals surface area (Å²) in [5.74, 6) is -0.580. The van der Waals surface area contributed by atoms with Crippen molar-refractivity contribution in [3.05, 3.63) is 22.4 Å². The van der Waals surface area contributed by atoms with Crippen molar-refractivity contribution in [3.63, 3.8) is 0 Å². The van der Waals surface area contributed by atoms with Gasteiger partial charge in [-0.05, 0) is 24.9 Å². The number of carboxylic acid groups (broad SMARTS) is 1. The van der Waals surface area contributed by atoms with E-state index in [1.54, 1.807) is 18.4 Å². The van der Waals surface area contributed by atoms with Crippen LogP contribution in [0.2, 0.25) is 0 Å². The third-order valence-corrected chi connectivity index (χ3v) is 3.66. The molecule has 2 unspecified atom stereocenters. The molecule has 0 radical (unpaired) electrons. The summed E-state index contributed by atoms with van der Waals surface area (Å²) in [5.41, 5.74) is -0.690. The second kappa shape index (κ2) is 2.82. The maximum Gasteiger partial charge on any atom is 0.324 e. The van der Waals surface area contributed by atoms with Crippen LogP contribution in [0, 0.1) is 0 Å². The van der Waals surface area contributed by atoms with Crippen molar-refractivity contribution in [2.24, 2.45) is 0 Å². The predicted octanol–water partition coefficient (Wildman–Crippen LogP) is 1.28. The second-order valence-electron chi connectivity index (χ2n) is 3.30. The Morgan fingerprint density at radius 3 is 3.00 bits per heavy atom. The highest BCUT2D eigenvalue weighted by Crippen LogP contribution is 2.52. The predicted molar refractivity (Wildman–Crippen MR) is 51.1 cm³/mol. The van der Waals surface area contributed by atoms with Gasteiger partial charge in [-0.3, -0.25) is 4.79 Å². The van der Waals surface area contributed by atoms with Crippen LogP contribution in [-0.4, -0.2) is 23.7 Å². The van der Waals surface area contributed by atoms with Crippen molar-refractivity contribution in [2.75, 3.05) is 7.05 Å². The average Bonchev–Trinajstić information content (AvgIpc) is 2.63. The molecule has 70 valence electrons. The molecule has 0 spiro atoms. The van der Waals surface area contributed by atoms with Gasteiger partial charge in [0.2, 0.25) is 0 Å². The molecule has 1 aromatic rings. The van der Waals surface area contributed by atoms with E-state index in [9.17, 15) is 4.79 Å². The van der Waals surface area contributed by atoms with Gasteiger partial charge in [0.1, 0.15) is 5.54 Å².